The molecule has 1 rings (SSSR count). The van der Waals surface area contributed by atoms with Gasteiger partial charge in [-0.05, 0) is 43.9 Å². The molecule has 0 aliphatic carbocycles. The van der Waals surface area contributed by atoms with Crippen molar-refractivity contribution in [2.45, 2.75) is 32.7 Å². The van der Waals surface area contributed by atoms with Crippen molar-refractivity contribution in [2.24, 2.45) is 0 Å². The average Bonchev–Trinajstić information content (AvgIpc) is 2.35. The number of aliphatic hydroxyl groups excluding tert-OH is 1. The van der Waals surface area contributed by atoms with Gasteiger partial charge in [0, 0.05) is 12.1 Å². The van der Waals surface area contributed by atoms with Crippen molar-refractivity contribution in [2.75, 3.05) is 13.2 Å². The predicted octanol–water partition coefficient (Wildman–Crippen LogP) is 3.10. The van der Waals surface area contributed by atoms with Crippen LogP contribution in [0.3, 0.4) is 0 Å². The van der Waals surface area contributed by atoms with Crippen LogP contribution in [0.4, 0.5) is 0 Å². The second-order valence-corrected chi connectivity index (χ2v) is 5.50. The first kappa shape index (κ1) is 15.7. The van der Waals surface area contributed by atoms with E-state index in [1.807, 2.05) is 6.08 Å². The molecular weight excluding hydrogens is 234 g/mol. The van der Waals surface area contributed by atoms with Gasteiger partial charge < -0.3 is 10.4 Å². The molecule has 0 bridgehead atoms. The number of allylic oxidation sites excluding steroid dienone is 2. The number of hydrogen-bond acceptors (Lipinski definition) is 2. The fourth-order valence-electron chi connectivity index (χ4n) is 2.17. The van der Waals surface area contributed by atoms with Crippen LogP contribution in [0.5, 0.6) is 0 Å². The Bertz CT molecular complexity index is 447. The van der Waals surface area contributed by atoms with E-state index in [2.05, 4.69) is 56.9 Å². The molecule has 0 saturated heterocycles. The molecule has 0 fully saturated rings. The van der Waals surface area contributed by atoms with Crippen molar-refractivity contribution < 1.29 is 5.11 Å². The molecule has 1 aromatic carbocycles. The highest BCUT2D eigenvalue weighted by atomic mass is 16.3. The van der Waals surface area contributed by atoms with Gasteiger partial charge in [0.2, 0.25) is 0 Å². The van der Waals surface area contributed by atoms with E-state index in [0.29, 0.717) is 6.54 Å². The normalized spacial score (nSPS) is 12.0. The maximum absolute atomic E-state index is 8.88. The van der Waals surface area contributed by atoms with Gasteiger partial charge in [-0.3, -0.25) is 0 Å². The number of nitrogens with one attached hydrogen (secondary N) is 1. The predicted molar refractivity (Wildman–Crippen MR) is 83.3 cm³/mol. The smallest absolute Gasteiger partial charge is 0.0556 e. The van der Waals surface area contributed by atoms with E-state index in [1.54, 1.807) is 6.08 Å². The van der Waals surface area contributed by atoms with E-state index in [4.69, 9.17) is 5.11 Å². The first-order chi connectivity index (χ1) is 8.98. The van der Waals surface area contributed by atoms with Gasteiger partial charge in [-0.25, -0.2) is 0 Å². The quantitative estimate of drug-likeness (QED) is 0.738. The molecule has 0 heterocycles. The number of aliphatic hydroxyl groups is 1. The second kappa shape index (κ2) is 7.27. The minimum atomic E-state index is -0.00631. The summed E-state index contributed by atoms with van der Waals surface area (Å²) in [5.74, 6) is 0. The summed E-state index contributed by atoms with van der Waals surface area (Å²) in [6.07, 6.45) is 6.75. The highest BCUT2D eigenvalue weighted by Crippen LogP contribution is 2.17. The molecule has 0 atom stereocenters. The largest absolute Gasteiger partial charge is 0.395 e. The zero-order valence-electron chi connectivity index (χ0n) is 12.2. The maximum Gasteiger partial charge on any atom is 0.0556 e. The fourth-order valence-corrected chi connectivity index (χ4v) is 2.17. The SMILES string of the molecule is C=C/C=C\c1ccc(CC(C)(C)NCCO)cc1C. The highest BCUT2D eigenvalue weighted by Gasteiger charge is 2.17. The molecule has 2 heteroatoms. The molecule has 2 N–H and O–H groups in total. The molecule has 0 saturated carbocycles. The van der Waals surface area contributed by atoms with Gasteiger partial charge >= 0.3 is 0 Å². The minimum absolute atomic E-state index is 0.00631. The summed E-state index contributed by atoms with van der Waals surface area (Å²) in [5, 5.41) is 12.2. The van der Waals surface area contributed by atoms with Gasteiger partial charge in [0.25, 0.3) is 0 Å². The van der Waals surface area contributed by atoms with Crippen LogP contribution < -0.4 is 5.32 Å². The lowest BCUT2D eigenvalue weighted by molar-refractivity contribution is 0.265. The van der Waals surface area contributed by atoms with Crippen molar-refractivity contribution in [3.63, 3.8) is 0 Å². The number of hydrogen-bond donors (Lipinski definition) is 2. The molecule has 2 nitrogen and oxygen atoms in total. The fraction of sp³-hybridized carbons (Fsp3) is 0.412. The summed E-state index contributed by atoms with van der Waals surface area (Å²) in [6, 6.07) is 6.54. The first-order valence-corrected chi connectivity index (χ1v) is 6.73. The Kier molecular flexibility index (Phi) is 6.00. The van der Waals surface area contributed by atoms with E-state index in [-0.39, 0.29) is 12.1 Å². The topological polar surface area (TPSA) is 32.3 Å². The lowest BCUT2D eigenvalue weighted by Crippen LogP contribution is -2.42. The summed E-state index contributed by atoms with van der Waals surface area (Å²) < 4.78 is 0. The standard InChI is InChI=1S/C17H25NO/c1-5-6-7-16-9-8-15(12-14(16)2)13-17(3,4)18-10-11-19/h5-9,12,18-19H,1,10-11,13H2,2-4H3/b7-6-. The van der Waals surface area contributed by atoms with E-state index in [0.717, 1.165) is 6.42 Å². The van der Waals surface area contributed by atoms with Crippen LogP contribution >= 0.6 is 0 Å². The number of aryl methyl sites for hydroxylation is 1. The Morgan fingerprint density at radius 3 is 2.68 bits per heavy atom. The van der Waals surface area contributed by atoms with Crippen LogP contribution in [0.25, 0.3) is 6.08 Å². The Morgan fingerprint density at radius 1 is 1.37 bits per heavy atom. The molecule has 19 heavy (non-hydrogen) atoms. The lowest BCUT2D eigenvalue weighted by atomic mass is 9.93. The molecule has 104 valence electrons. The average molecular weight is 259 g/mol. The Morgan fingerprint density at radius 2 is 2.11 bits per heavy atom. The van der Waals surface area contributed by atoms with Gasteiger partial charge in [0.05, 0.1) is 6.61 Å². The zero-order chi connectivity index (χ0) is 14.3. The molecule has 0 radical (unpaired) electrons. The first-order valence-electron chi connectivity index (χ1n) is 6.73. The Labute approximate surface area is 116 Å². The third-order valence-electron chi connectivity index (χ3n) is 3.11. The summed E-state index contributed by atoms with van der Waals surface area (Å²) in [6.45, 7) is 10.9. The van der Waals surface area contributed by atoms with Crippen LogP contribution in [-0.2, 0) is 6.42 Å². The number of β-amino-alcohol motifs (C(OH)–C–C–N with tert-alkyl or cyclic N) is 1. The summed E-state index contributed by atoms with van der Waals surface area (Å²) in [5.41, 5.74) is 3.80. The van der Waals surface area contributed by atoms with Gasteiger partial charge in [-0.1, -0.05) is 43.0 Å². The highest BCUT2D eigenvalue weighted by molar-refractivity contribution is 5.55. The summed E-state index contributed by atoms with van der Waals surface area (Å²) >= 11 is 0. The molecular formula is C17H25NO. The molecule has 0 aliphatic heterocycles. The lowest BCUT2D eigenvalue weighted by Gasteiger charge is -2.26. The number of rotatable bonds is 7. The van der Waals surface area contributed by atoms with Gasteiger partial charge in [-0.15, -0.1) is 0 Å². The van der Waals surface area contributed by atoms with Crippen molar-refractivity contribution in [1.29, 1.82) is 0 Å². The van der Waals surface area contributed by atoms with Crippen molar-refractivity contribution in [3.05, 3.63) is 53.6 Å². The molecule has 0 aromatic heterocycles. The number of benzene rings is 1. The monoisotopic (exact) mass is 259 g/mol. The van der Waals surface area contributed by atoms with Crippen molar-refractivity contribution in [1.82, 2.24) is 5.32 Å². The molecule has 1 aromatic rings. The maximum atomic E-state index is 8.88. The van der Waals surface area contributed by atoms with Crippen molar-refractivity contribution in [3.8, 4) is 0 Å². The molecule has 0 spiro atoms. The summed E-state index contributed by atoms with van der Waals surface area (Å²) in [7, 11) is 0. The van der Waals surface area contributed by atoms with Crippen LogP contribution in [0.15, 0.2) is 36.9 Å². The third-order valence-corrected chi connectivity index (χ3v) is 3.11. The Balaban J connectivity index is 2.78. The third kappa shape index (κ3) is 5.41. The van der Waals surface area contributed by atoms with Gasteiger partial charge in [0.1, 0.15) is 0 Å². The molecule has 0 amide bonds. The van der Waals surface area contributed by atoms with Crippen molar-refractivity contribution >= 4 is 6.08 Å². The van der Waals surface area contributed by atoms with E-state index in [9.17, 15) is 0 Å². The van der Waals surface area contributed by atoms with Crippen LogP contribution in [0.2, 0.25) is 0 Å². The summed E-state index contributed by atoms with van der Waals surface area (Å²) in [4.78, 5) is 0. The van der Waals surface area contributed by atoms with E-state index >= 15 is 0 Å². The zero-order valence-corrected chi connectivity index (χ0v) is 12.2. The second-order valence-electron chi connectivity index (χ2n) is 5.50. The molecule has 0 aliphatic rings. The van der Waals surface area contributed by atoms with Crippen LogP contribution in [0.1, 0.15) is 30.5 Å². The Hall–Kier alpha value is -1.38. The minimum Gasteiger partial charge on any atom is -0.395 e. The van der Waals surface area contributed by atoms with Gasteiger partial charge in [0.15, 0.2) is 0 Å². The molecule has 0 unspecified atom stereocenters. The van der Waals surface area contributed by atoms with Gasteiger partial charge in [-0.2, -0.15) is 0 Å². The van der Waals surface area contributed by atoms with Crippen LogP contribution in [0, 0.1) is 6.92 Å². The van der Waals surface area contributed by atoms with E-state index < -0.39 is 0 Å². The van der Waals surface area contributed by atoms with E-state index in [1.165, 1.54) is 16.7 Å². The van der Waals surface area contributed by atoms with Crippen LogP contribution in [-0.4, -0.2) is 23.8 Å².